The fraction of sp³-hybridized carbons (Fsp3) is 0.643. The highest BCUT2D eigenvalue weighted by molar-refractivity contribution is 5.40. The first-order valence-electron chi connectivity index (χ1n) is 6.59. The number of hydrogen-bond acceptors (Lipinski definition) is 3. The quantitative estimate of drug-likeness (QED) is 0.873. The molecule has 0 amide bonds. The number of anilines is 1. The van der Waals surface area contributed by atoms with Gasteiger partial charge in [-0.15, -0.1) is 0 Å². The molecule has 1 saturated heterocycles. The lowest BCUT2D eigenvalue weighted by Gasteiger charge is -2.33. The van der Waals surface area contributed by atoms with Gasteiger partial charge < -0.3 is 10.0 Å². The van der Waals surface area contributed by atoms with E-state index >= 15 is 0 Å². The third-order valence-corrected chi connectivity index (χ3v) is 3.67. The molecule has 0 radical (unpaired) electrons. The van der Waals surface area contributed by atoms with E-state index in [1.807, 2.05) is 12.1 Å². The maximum absolute atomic E-state index is 9.45. The first kappa shape index (κ1) is 12.4. The molecule has 2 heterocycles. The van der Waals surface area contributed by atoms with E-state index < -0.39 is 6.10 Å². The van der Waals surface area contributed by atoms with Crippen LogP contribution in [0.4, 0.5) is 5.82 Å². The van der Waals surface area contributed by atoms with Gasteiger partial charge in [0.15, 0.2) is 0 Å². The molecule has 1 N–H and O–H groups in total. The molecule has 2 rings (SSSR count). The van der Waals surface area contributed by atoms with Gasteiger partial charge in [-0.3, -0.25) is 0 Å². The van der Waals surface area contributed by atoms with Crippen molar-refractivity contribution >= 4 is 5.82 Å². The van der Waals surface area contributed by atoms with Crippen LogP contribution in [0.15, 0.2) is 18.3 Å². The summed E-state index contributed by atoms with van der Waals surface area (Å²) in [6.07, 6.45) is 5.22. The van der Waals surface area contributed by atoms with Crippen molar-refractivity contribution in [2.75, 3.05) is 18.0 Å². The monoisotopic (exact) mass is 234 g/mol. The van der Waals surface area contributed by atoms with Crippen molar-refractivity contribution in [2.45, 2.75) is 39.2 Å². The van der Waals surface area contributed by atoms with Crippen LogP contribution in [0.3, 0.4) is 0 Å². The Morgan fingerprint density at radius 3 is 2.94 bits per heavy atom. The highest BCUT2D eigenvalue weighted by atomic mass is 16.3. The topological polar surface area (TPSA) is 36.4 Å². The van der Waals surface area contributed by atoms with Gasteiger partial charge in [0.25, 0.3) is 0 Å². The van der Waals surface area contributed by atoms with Crippen LogP contribution in [-0.2, 0) is 0 Å². The third-order valence-electron chi connectivity index (χ3n) is 3.67. The van der Waals surface area contributed by atoms with E-state index in [4.69, 9.17) is 0 Å². The van der Waals surface area contributed by atoms with Crippen molar-refractivity contribution in [3.8, 4) is 0 Å². The Morgan fingerprint density at radius 1 is 1.53 bits per heavy atom. The average molecular weight is 234 g/mol. The van der Waals surface area contributed by atoms with Gasteiger partial charge in [-0.25, -0.2) is 4.98 Å². The van der Waals surface area contributed by atoms with Gasteiger partial charge in [-0.05, 0) is 37.3 Å². The first-order chi connectivity index (χ1) is 8.20. The van der Waals surface area contributed by atoms with E-state index in [2.05, 4.69) is 16.8 Å². The lowest BCUT2D eigenvalue weighted by molar-refractivity contribution is 0.199. The van der Waals surface area contributed by atoms with Crippen LogP contribution in [0.2, 0.25) is 0 Å². The van der Waals surface area contributed by atoms with Crippen molar-refractivity contribution in [3.63, 3.8) is 0 Å². The lowest BCUT2D eigenvalue weighted by atomic mass is 9.96. The summed E-state index contributed by atoms with van der Waals surface area (Å²) >= 11 is 0. The van der Waals surface area contributed by atoms with Gasteiger partial charge >= 0.3 is 0 Å². The van der Waals surface area contributed by atoms with Crippen molar-refractivity contribution < 1.29 is 5.11 Å². The molecular formula is C14H22N2O. The second kappa shape index (κ2) is 5.50. The third kappa shape index (κ3) is 2.97. The Kier molecular flexibility index (Phi) is 4.00. The molecule has 1 aromatic heterocycles. The standard InChI is InChI=1S/C14H22N2O/c1-3-12-5-4-8-16(10-12)14-7-6-13(9-15-14)11(2)17/h6-7,9,11-12,17H,3-5,8,10H2,1-2H3. The van der Waals surface area contributed by atoms with E-state index in [9.17, 15) is 5.11 Å². The smallest absolute Gasteiger partial charge is 0.128 e. The minimum absolute atomic E-state index is 0.429. The second-order valence-corrected chi connectivity index (χ2v) is 4.99. The summed E-state index contributed by atoms with van der Waals surface area (Å²) < 4.78 is 0. The van der Waals surface area contributed by atoms with E-state index in [0.29, 0.717) is 0 Å². The van der Waals surface area contributed by atoms with E-state index in [0.717, 1.165) is 30.4 Å². The minimum atomic E-state index is -0.429. The lowest BCUT2D eigenvalue weighted by Crippen LogP contribution is -2.35. The predicted octanol–water partition coefficient (Wildman–Crippen LogP) is 2.76. The summed E-state index contributed by atoms with van der Waals surface area (Å²) in [4.78, 5) is 6.82. The van der Waals surface area contributed by atoms with Crippen LogP contribution < -0.4 is 4.90 Å². The molecule has 2 atom stereocenters. The molecule has 17 heavy (non-hydrogen) atoms. The first-order valence-corrected chi connectivity index (χ1v) is 6.59. The van der Waals surface area contributed by atoms with Crippen LogP contribution in [0.25, 0.3) is 0 Å². The number of aliphatic hydroxyl groups is 1. The van der Waals surface area contributed by atoms with Crippen LogP contribution in [-0.4, -0.2) is 23.2 Å². The van der Waals surface area contributed by atoms with Gasteiger partial charge in [0.2, 0.25) is 0 Å². The summed E-state index contributed by atoms with van der Waals surface area (Å²) in [6.45, 7) is 6.26. The molecule has 1 aromatic rings. The van der Waals surface area contributed by atoms with Gasteiger partial charge in [0.05, 0.1) is 6.10 Å². The molecule has 1 fully saturated rings. The highest BCUT2D eigenvalue weighted by Crippen LogP contribution is 2.24. The molecule has 2 unspecified atom stereocenters. The van der Waals surface area contributed by atoms with Crippen molar-refractivity contribution in [1.29, 1.82) is 0 Å². The zero-order valence-corrected chi connectivity index (χ0v) is 10.8. The maximum Gasteiger partial charge on any atom is 0.128 e. The highest BCUT2D eigenvalue weighted by Gasteiger charge is 2.19. The fourth-order valence-corrected chi connectivity index (χ4v) is 2.44. The summed E-state index contributed by atoms with van der Waals surface area (Å²) in [6, 6.07) is 4.00. The number of piperidine rings is 1. The second-order valence-electron chi connectivity index (χ2n) is 4.99. The Bertz CT molecular complexity index is 348. The van der Waals surface area contributed by atoms with Gasteiger partial charge in [-0.1, -0.05) is 19.4 Å². The molecular weight excluding hydrogens is 212 g/mol. The molecule has 0 aromatic carbocycles. The Balaban J connectivity index is 2.06. The van der Waals surface area contributed by atoms with Gasteiger partial charge in [0.1, 0.15) is 5.82 Å². The van der Waals surface area contributed by atoms with Crippen LogP contribution in [0.1, 0.15) is 44.8 Å². The van der Waals surface area contributed by atoms with Crippen LogP contribution >= 0.6 is 0 Å². The van der Waals surface area contributed by atoms with E-state index in [-0.39, 0.29) is 0 Å². The zero-order chi connectivity index (χ0) is 12.3. The zero-order valence-electron chi connectivity index (χ0n) is 10.8. The van der Waals surface area contributed by atoms with E-state index in [1.54, 1.807) is 13.1 Å². The molecule has 0 aliphatic carbocycles. The normalized spacial score (nSPS) is 22.5. The summed E-state index contributed by atoms with van der Waals surface area (Å²) in [7, 11) is 0. The fourth-order valence-electron chi connectivity index (χ4n) is 2.44. The van der Waals surface area contributed by atoms with Gasteiger partial charge in [-0.2, -0.15) is 0 Å². The molecule has 1 aliphatic heterocycles. The summed E-state index contributed by atoms with van der Waals surface area (Å²) in [5, 5.41) is 9.45. The van der Waals surface area contributed by atoms with Gasteiger partial charge in [0, 0.05) is 19.3 Å². The molecule has 3 heteroatoms. The molecule has 3 nitrogen and oxygen atoms in total. The number of rotatable bonds is 3. The number of aliphatic hydroxyl groups excluding tert-OH is 1. The molecule has 0 spiro atoms. The summed E-state index contributed by atoms with van der Waals surface area (Å²) in [5.41, 5.74) is 0.887. The van der Waals surface area contributed by atoms with Crippen LogP contribution in [0, 0.1) is 5.92 Å². The predicted molar refractivity (Wildman–Crippen MR) is 70.1 cm³/mol. The summed E-state index contributed by atoms with van der Waals surface area (Å²) in [5.74, 6) is 1.86. The number of aromatic nitrogens is 1. The molecule has 0 saturated carbocycles. The van der Waals surface area contributed by atoms with E-state index in [1.165, 1.54) is 19.3 Å². The number of nitrogens with zero attached hydrogens (tertiary/aromatic N) is 2. The Hall–Kier alpha value is -1.09. The molecule has 0 bridgehead atoms. The minimum Gasteiger partial charge on any atom is -0.389 e. The Labute approximate surface area is 103 Å². The van der Waals surface area contributed by atoms with Crippen LogP contribution in [0.5, 0.6) is 0 Å². The number of pyridine rings is 1. The number of hydrogen-bond donors (Lipinski definition) is 1. The van der Waals surface area contributed by atoms with Crippen molar-refractivity contribution in [1.82, 2.24) is 4.98 Å². The Morgan fingerprint density at radius 2 is 2.35 bits per heavy atom. The maximum atomic E-state index is 9.45. The SMILES string of the molecule is CCC1CCCN(c2ccc(C(C)O)cn2)C1. The molecule has 1 aliphatic rings. The largest absolute Gasteiger partial charge is 0.389 e. The van der Waals surface area contributed by atoms with Crippen molar-refractivity contribution in [2.24, 2.45) is 5.92 Å². The molecule has 94 valence electrons. The van der Waals surface area contributed by atoms with Crippen molar-refractivity contribution in [3.05, 3.63) is 23.9 Å². The average Bonchev–Trinajstić information content (AvgIpc) is 2.39.